The maximum absolute atomic E-state index is 12.4. The molecule has 94 valence electrons. The summed E-state index contributed by atoms with van der Waals surface area (Å²) in [6.45, 7) is 0.622. The molecule has 1 N–H and O–H groups in total. The molecule has 1 aromatic rings. The monoisotopic (exact) mass is 244 g/mol. The van der Waals surface area contributed by atoms with Gasteiger partial charge in [-0.15, -0.1) is 0 Å². The van der Waals surface area contributed by atoms with Gasteiger partial charge in [0.2, 0.25) is 0 Å². The highest BCUT2D eigenvalue weighted by Crippen LogP contribution is 2.28. The van der Waals surface area contributed by atoms with Crippen LogP contribution >= 0.6 is 0 Å². The van der Waals surface area contributed by atoms with Crippen LogP contribution in [0.4, 0.5) is 18.9 Å². The minimum atomic E-state index is -4.17. The van der Waals surface area contributed by atoms with Gasteiger partial charge in [0.05, 0.1) is 0 Å². The normalized spacial score (nSPS) is 15.5. The smallest absolute Gasteiger partial charge is 0.365 e. The summed E-state index contributed by atoms with van der Waals surface area (Å²) in [5.41, 5.74) is 2.81. The summed E-state index contributed by atoms with van der Waals surface area (Å²) in [5, 5.41) is 3.19. The highest BCUT2D eigenvalue weighted by molar-refractivity contribution is 5.57. The van der Waals surface area contributed by atoms with Crippen molar-refractivity contribution in [1.29, 1.82) is 0 Å². The quantitative estimate of drug-likeness (QED) is 0.859. The lowest BCUT2D eigenvalue weighted by Gasteiger charge is -2.27. The summed E-state index contributed by atoms with van der Waals surface area (Å²) in [6, 6.07) is 5.56. The first-order chi connectivity index (χ1) is 7.97. The highest BCUT2D eigenvalue weighted by Gasteiger charge is 2.30. The van der Waals surface area contributed by atoms with E-state index in [1.807, 2.05) is 12.1 Å². The van der Waals surface area contributed by atoms with E-state index < -0.39 is 12.7 Å². The molecule has 0 unspecified atom stereocenters. The number of hydrogen-bond donors (Lipinski definition) is 1. The van der Waals surface area contributed by atoms with Gasteiger partial charge in [0, 0.05) is 19.3 Å². The van der Waals surface area contributed by atoms with Gasteiger partial charge in [-0.2, -0.15) is 13.2 Å². The molecule has 0 aromatic heterocycles. The van der Waals surface area contributed by atoms with Gasteiger partial charge in [-0.25, -0.2) is 0 Å². The number of benzene rings is 1. The third-order valence-corrected chi connectivity index (χ3v) is 2.95. The molecule has 0 saturated carbocycles. The molecular formula is C12H15F3N2. The molecule has 1 aliphatic rings. The predicted molar refractivity (Wildman–Crippen MR) is 61.2 cm³/mol. The minimum Gasteiger partial charge on any atom is -0.365 e. The summed E-state index contributed by atoms with van der Waals surface area (Å²) in [6.07, 6.45) is -3.29. The molecule has 0 fully saturated rings. The average molecular weight is 244 g/mol. The molecule has 0 atom stereocenters. The second-order valence-corrected chi connectivity index (χ2v) is 4.31. The van der Waals surface area contributed by atoms with Gasteiger partial charge < -0.3 is 10.2 Å². The van der Waals surface area contributed by atoms with Crippen molar-refractivity contribution < 1.29 is 13.2 Å². The van der Waals surface area contributed by atoms with Crippen molar-refractivity contribution in [2.75, 3.05) is 25.0 Å². The van der Waals surface area contributed by atoms with Gasteiger partial charge in [0.15, 0.2) is 0 Å². The first kappa shape index (κ1) is 12.2. The minimum absolute atomic E-state index is 0.647. The Morgan fingerprint density at radius 3 is 2.82 bits per heavy atom. The van der Waals surface area contributed by atoms with Crippen LogP contribution in [0.25, 0.3) is 0 Å². The van der Waals surface area contributed by atoms with E-state index >= 15 is 0 Å². The first-order valence-electron chi connectivity index (χ1n) is 5.57. The Morgan fingerprint density at radius 1 is 1.35 bits per heavy atom. The molecule has 17 heavy (non-hydrogen) atoms. The zero-order valence-electron chi connectivity index (χ0n) is 9.64. The van der Waals surface area contributed by atoms with Crippen molar-refractivity contribution in [3.63, 3.8) is 0 Å². The molecule has 0 bridgehead atoms. The van der Waals surface area contributed by atoms with Crippen molar-refractivity contribution in [3.8, 4) is 0 Å². The van der Waals surface area contributed by atoms with Gasteiger partial charge in [0.1, 0.15) is 6.54 Å². The Morgan fingerprint density at radius 2 is 2.12 bits per heavy atom. The fourth-order valence-electron chi connectivity index (χ4n) is 2.21. The van der Waals surface area contributed by atoms with E-state index in [0.29, 0.717) is 12.2 Å². The van der Waals surface area contributed by atoms with Crippen molar-refractivity contribution in [3.05, 3.63) is 29.3 Å². The van der Waals surface area contributed by atoms with Crippen LogP contribution in [0.5, 0.6) is 0 Å². The van der Waals surface area contributed by atoms with E-state index in [2.05, 4.69) is 5.32 Å². The van der Waals surface area contributed by atoms with Gasteiger partial charge in [-0.3, -0.25) is 0 Å². The SMILES string of the molecule is CN(CC(F)(F)F)c1cccc2c1CNCC2. The second-order valence-electron chi connectivity index (χ2n) is 4.31. The fraction of sp³-hybridized carbons (Fsp3) is 0.500. The lowest BCUT2D eigenvalue weighted by Crippen LogP contribution is -2.33. The zero-order valence-corrected chi connectivity index (χ0v) is 9.64. The Kier molecular flexibility index (Phi) is 3.28. The van der Waals surface area contributed by atoms with Crippen molar-refractivity contribution in [1.82, 2.24) is 5.32 Å². The Hall–Kier alpha value is -1.23. The number of halogens is 3. The van der Waals surface area contributed by atoms with Crippen LogP contribution in [-0.2, 0) is 13.0 Å². The van der Waals surface area contributed by atoms with Crippen molar-refractivity contribution >= 4 is 5.69 Å². The van der Waals surface area contributed by atoms with Gasteiger partial charge in [0.25, 0.3) is 0 Å². The standard InChI is InChI=1S/C12H15F3N2/c1-17(8-12(13,14)15)11-4-2-3-9-5-6-16-7-10(9)11/h2-4,16H,5-8H2,1H3. The lowest BCUT2D eigenvalue weighted by atomic mass is 9.99. The molecule has 2 nitrogen and oxygen atoms in total. The number of alkyl halides is 3. The Labute approximate surface area is 98.4 Å². The van der Waals surface area contributed by atoms with E-state index in [1.54, 1.807) is 6.07 Å². The lowest BCUT2D eigenvalue weighted by molar-refractivity contribution is -0.119. The summed E-state index contributed by atoms with van der Waals surface area (Å²) in [4.78, 5) is 1.27. The maximum atomic E-state index is 12.4. The Bertz CT molecular complexity index is 401. The number of hydrogen-bond acceptors (Lipinski definition) is 2. The van der Waals surface area contributed by atoms with E-state index in [1.165, 1.54) is 11.9 Å². The molecule has 0 spiro atoms. The van der Waals surface area contributed by atoms with Crippen LogP contribution in [0, 0.1) is 0 Å². The third kappa shape index (κ3) is 2.91. The van der Waals surface area contributed by atoms with Gasteiger partial charge >= 0.3 is 6.18 Å². The van der Waals surface area contributed by atoms with Crippen molar-refractivity contribution in [2.24, 2.45) is 0 Å². The molecule has 0 saturated heterocycles. The van der Waals surface area contributed by atoms with Gasteiger partial charge in [-0.1, -0.05) is 12.1 Å². The number of nitrogens with one attached hydrogen (secondary N) is 1. The number of fused-ring (bicyclic) bond motifs is 1. The fourth-order valence-corrected chi connectivity index (χ4v) is 2.21. The number of nitrogens with zero attached hydrogens (tertiary/aromatic N) is 1. The Balaban J connectivity index is 2.26. The molecule has 0 aliphatic carbocycles. The van der Waals surface area contributed by atoms with Crippen LogP contribution in [0.15, 0.2) is 18.2 Å². The van der Waals surface area contributed by atoms with Crippen LogP contribution in [0.1, 0.15) is 11.1 Å². The molecule has 2 rings (SSSR count). The van der Waals surface area contributed by atoms with E-state index in [-0.39, 0.29) is 0 Å². The molecule has 5 heteroatoms. The molecule has 0 amide bonds. The second kappa shape index (κ2) is 4.56. The van der Waals surface area contributed by atoms with E-state index in [4.69, 9.17) is 0 Å². The highest BCUT2D eigenvalue weighted by atomic mass is 19.4. The van der Waals surface area contributed by atoms with Crippen LogP contribution < -0.4 is 10.2 Å². The molecule has 1 aromatic carbocycles. The first-order valence-corrected chi connectivity index (χ1v) is 5.57. The maximum Gasteiger partial charge on any atom is 0.405 e. The van der Waals surface area contributed by atoms with Crippen molar-refractivity contribution in [2.45, 2.75) is 19.1 Å². The molecule has 1 aliphatic heterocycles. The number of rotatable bonds is 2. The van der Waals surface area contributed by atoms with Gasteiger partial charge in [-0.05, 0) is 30.2 Å². The zero-order chi connectivity index (χ0) is 12.5. The molecular weight excluding hydrogens is 229 g/mol. The summed E-state index contributed by atoms with van der Waals surface area (Å²) < 4.78 is 37.1. The third-order valence-electron chi connectivity index (χ3n) is 2.95. The summed E-state index contributed by atoms with van der Waals surface area (Å²) in [7, 11) is 1.48. The van der Waals surface area contributed by atoms with E-state index in [9.17, 15) is 13.2 Å². The molecule has 1 heterocycles. The van der Waals surface area contributed by atoms with Crippen LogP contribution in [0.2, 0.25) is 0 Å². The largest absolute Gasteiger partial charge is 0.405 e. The predicted octanol–water partition coefficient (Wildman–Crippen LogP) is 2.33. The van der Waals surface area contributed by atoms with Crippen LogP contribution in [-0.4, -0.2) is 26.3 Å². The molecule has 0 radical (unpaired) electrons. The van der Waals surface area contributed by atoms with E-state index in [0.717, 1.165) is 24.1 Å². The summed E-state index contributed by atoms with van der Waals surface area (Å²) in [5.74, 6) is 0. The summed E-state index contributed by atoms with van der Waals surface area (Å²) >= 11 is 0. The number of anilines is 1. The van der Waals surface area contributed by atoms with Crippen LogP contribution in [0.3, 0.4) is 0 Å². The topological polar surface area (TPSA) is 15.3 Å². The average Bonchev–Trinajstić information content (AvgIpc) is 2.26.